The fraction of sp³-hybridized carbons (Fsp3) is 0.583. The van der Waals surface area contributed by atoms with Crippen molar-refractivity contribution in [2.75, 3.05) is 6.54 Å². The van der Waals surface area contributed by atoms with Crippen LogP contribution in [0, 0.1) is 12.3 Å². The number of rotatable bonds is 6. The Morgan fingerprint density at radius 2 is 2.33 bits per heavy atom. The van der Waals surface area contributed by atoms with Gasteiger partial charge < -0.3 is 11.1 Å². The van der Waals surface area contributed by atoms with Gasteiger partial charge in [0.25, 0.3) is 0 Å². The highest BCUT2D eigenvalue weighted by atomic mass is 32.1. The van der Waals surface area contributed by atoms with Crippen molar-refractivity contribution >= 4 is 34.5 Å². The zero-order valence-electron chi connectivity index (χ0n) is 10.9. The van der Waals surface area contributed by atoms with E-state index in [0.717, 1.165) is 17.1 Å². The second-order valence-corrected chi connectivity index (χ2v) is 5.92. The molecule has 0 radical (unpaired) electrons. The largest absolute Gasteiger partial charge is 0.392 e. The molecule has 4 nitrogen and oxygen atoms in total. The van der Waals surface area contributed by atoms with Gasteiger partial charge in [-0.3, -0.25) is 4.79 Å². The molecule has 3 N–H and O–H groups in total. The molecule has 1 heterocycles. The first-order valence-corrected chi connectivity index (χ1v) is 7.18. The van der Waals surface area contributed by atoms with Crippen LogP contribution < -0.4 is 11.1 Å². The number of carbonyl (C=O) groups excluding carboxylic acids is 1. The summed E-state index contributed by atoms with van der Waals surface area (Å²) in [6.45, 7) is 6.20. The fourth-order valence-corrected chi connectivity index (χ4v) is 2.35. The lowest BCUT2D eigenvalue weighted by Gasteiger charge is -2.25. The molecule has 0 bridgehead atoms. The maximum atomic E-state index is 12.0. The maximum Gasteiger partial charge on any atom is 0.232 e. The molecule has 1 aromatic rings. The highest BCUT2D eigenvalue weighted by Gasteiger charge is 2.34. The number of nitrogens with zero attached hydrogens (tertiary/aromatic N) is 1. The second-order valence-electron chi connectivity index (χ2n) is 4.41. The van der Waals surface area contributed by atoms with E-state index in [4.69, 9.17) is 18.0 Å². The average Bonchev–Trinajstić information content (AvgIpc) is 2.73. The monoisotopic (exact) mass is 285 g/mol. The SMILES string of the molecule is CCC(C)(C(=O)NCCc1csc(C)n1)C(N)=S. The normalized spacial score (nSPS) is 13.9. The van der Waals surface area contributed by atoms with Crippen LogP contribution in [0.4, 0.5) is 0 Å². The highest BCUT2D eigenvalue weighted by molar-refractivity contribution is 7.80. The van der Waals surface area contributed by atoms with Gasteiger partial charge in [0.05, 0.1) is 21.1 Å². The number of amides is 1. The van der Waals surface area contributed by atoms with Crippen molar-refractivity contribution in [3.8, 4) is 0 Å². The fourth-order valence-electron chi connectivity index (χ4n) is 1.47. The molecule has 0 spiro atoms. The topological polar surface area (TPSA) is 68.0 Å². The lowest BCUT2D eigenvalue weighted by molar-refractivity contribution is -0.126. The molecule has 0 aliphatic heterocycles. The third-order valence-corrected chi connectivity index (χ3v) is 4.36. The van der Waals surface area contributed by atoms with Crippen molar-refractivity contribution in [2.24, 2.45) is 11.1 Å². The molecule has 0 aromatic carbocycles. The molecule has 100 valence electrons. The molecule has 1 rings (SSSR count). The van der Waals surface area contributed by atoms with Gasteiger partial charge in [0.2, 0.25) is 5.91 Å². The van der Waals surface area contributed by atoms with Crippen molar-refractivity contribution in [3.63, 3.8) is 0 Å². The van der Waals surface area contributed by atoms with Crippen LogP contribution in [0.5, 0.6) is 0 Å². The minimum atomic E-state index is -0.757. The molecule has 0 saturated carbocycles. The van der Waals surface area contributed by atoms with Crippen molar-refractivity contribution in [3.05, 3.63) is 16.1 Å². The molecule has 0 fully saturated rings. The number of aromatic nitrogens is 1. The van der Waals surface area contributed by atoms with Crippen LogP contribution in [0.3, 0.4) is 0 Å². The van der Waals surface area contributed by atoms with E-state index in [9.17, 15) is 4.79 Å². The molecular weight excluding hydrogens is 266 g/mol. The summed E-state index contributed by atoms with van der Waals surface area (Å²) in [6, 6.07) is 0. The van der Waals surface area contributed by atoms with E-state index in [-0.39, 0.29) is 10.9 Å². The van der Waals surface area contributed by atoms with Crippen LogP contribution in [0.2, 0.25) is 0 Å². The number of thiazole rings is 1. The van der Waals surface area contributed by atoms with E-state index in [1.54, 1.807) is 18.3 Å². The summed E-state index contributed by atoms with van der Waals surface area (Å²) in [7, 11) is 0. The Balaban J connectivity index is 2.48. The van der Waals surface area contributed by atoms with Crippen LogP contribution >= 0.6 is 23.6 Å². The molecule has 0 saturated heterocycles. The minimum absolute atomic E-state index is 0.107. The van der Waals surface area contributed by atoms with Gasteiger partial charge >= 0.3 is 0 Å². The summed E-state index contributed by atoms with van der Waals surface area (Å²) in [5, 5.41) is 5.92. The molecule has 6 heteroatoms. The maximum absolute atomic E-state index is 12.0. The molecule has 0 aliphatic rings. The Kier molecular flexibility index (Phi) is 5.22. The number of carbonyl (C=O) groups is 1. The van der Waals surface area contributed by atoms with E-state index >= 15 is 0 Å². The van der Waals surface area contributed by atoms with Crippen LogP contribution in [0.1, 0.15) is 31.0 Å². The van der Waals surface area contributed by atoms with E-state index in [0.29, 0.717) is 13.0 Å². The van der Waals surface area contributed by atoms with Gasteiger partial charge in [0.15, 0.2) is 0 Å². The predicted octanol–water partition coefficient (Wildman–Crippen LogP) is 1.81. The highest BCUT2D eigenvalue weighted by Crippen LogP contribution is 2.21. The van der Waals surface area contributed by atoms with E-state index < -0.39 is 5.41 Å². The molecule has 1 atom stereocenters. The zero-order valence-corrected chi connectivity index (χ0v) is 12.6. The molecular formula is C12H19N3OS2. The lowest BCUT2D eigenvalue weighted by atomic mass is 9.86. The van der Waals surface area contributed by atoms with E-state index in [1.807, 2.05) is 19.2 Å². The molecule has 1 aromatic heterocycles. The van der Waals surface area contributed by atoms with Crippen LogP contribution in [-0.2, 0) is 11.2 Å². The van der Waals surface area contributed by atoms with Crippen LogP contribution in [0.15, 0.2) is 5.38 Å². The second kappa shape index (κ2) is 6.24. The first-order valence-electron chi connectivity index (χ1n) is 5.89. The smallest absolute Gasteiger partial charge is 0.232 e. The van der Waals surface area contributed by atoms with Crippen molar-refractivity contribution < 1.29 is 4.79 Å². The van der Waals surface area contributed by atoms with Gasteiger partial charge in [-0.25, -0.2) is 4.98 Å². The minimum Gasteiger partial charge on any atom is -0.392 e. The predicted molar refractivity (Wildman–Crippen MR) is 78.7 cm³/mol. The Labute approximate surface area is 117 Å². The Morgan fingerprint density at radius 3 is 2.78 bits per heavy atom. The number of hydrogen-bond acceptors (Lipinski definition) is 4. The zero-order chi connectivity index (χ0) is 13.8. The van der Waals surface area contributed by atoms with E-state index in [2.05, 4.69) is 10.3 Å². The first kappa shape index (κ1) is 15.0. The first-order chi connectivity index (χ1) is 8.40. The van der Waals surface area contributed by atoms with Crippen molar-refractivity contribution in [1.82, 2.24) is 10.3 Å². The van der Waals surface area contributed by atoms with Crippen molar-refractivity contribution in [1.29, 1.82) is 0 Å². The Bertz CT molecular complexity index is 444. The Morgan fingerprint density at radius 1 is 1.67 bits per heavy atom. The summed E-state index contributed by atoms with van der Waals surface area (Å²) in [6.07, 6.45) is 1.33. The summed E-state index contributed by atoms with van der Waals surface area (Å²) >= 11 is 6.57. The molecule has 1 amide bonds. The number of aryl methyl sites for hydroxylation is 1. The molecule has 18 heavy (non-hydrogen) atoms. The molecule has 0 aliphatic carbocycles. The quantitative estimate of drug-likeness (QED) is 0.782. The number of thiocarbonyl (C=S) groups is 1. The number of nitrogens with one attached hydrogen (secondary N) is 1. The van der Waals surface area contributed by atoms with Gasteiger partial charge in [-0.05, 0) is 20.3 Å². The summed E-state index contributed by atoms with van der Waals surface area (Å²) in [4.78, 5) is 16.6. The van der Waals surface area contributed by atoms with Crippen LogP contribution in [0.25, 0.3) is 0 Å². The number of nitrogens with two attached hydrogens (primary N) is 1. The third kappa shape index (κ3) is 3.49. The van der Waals surface area contributed by atoms with E-state index in [1.165, 1.54) is 0 Å². The standard InChI is InChI=1S/C12H19N3OS2/c1-4-12(3,10(13)17)11(16)14-6-5-9-7-18-8(2)15-9/h7H,4-6H2,1-3H3,(H2,13,17)(H,14,16). The van der Waals surface area contributed by atoms with Gasteiger partial charge in [0.1, 0.15) is 0 Å². The summed E-state index contributed by atoms with van der Waals surface area (Å²) in [5.74, 6) is -0.107. The Hall–Kier alpha value is -1.01. The van der Waals surface area contributed by atoms with Gasteiger partial charge in [-0.1, -0.05) is 19.1 Å². The van der Waals surface area contributed by atoms with Gasteiger partial charge in [-0.15, -0.1) is 11.3 Å². The summed E-state index contributed by atoms with van der Waals surface area (Å²) in [5.41, 5.74) is 5.88. The lowest BCUT2D eigenvalue weighted by Crippen LogP contribution is -2.47. The van der Waals surface area contributed by atoms with Gasteiger partial charge in [0, 0.05) is 18.3 Å². The van der Waals surface area contributed by atoms with Gasteiger partial charge in [-0.2, -0.15) is 0 Å². The van der Waals surface area contributed by atoms with Crippen molar-refractivity contribution in [2.45, 2.75) is 33.6 Å². The molecule has 1 unspecified atom stereocenters. The van der Waals surface area contributed by atoms with Crippen LogP contribution in [-0.4, -0.2) is 22.4 Å². The third-order valence-electron chi connectivity index (χ3n) is 3.09. The average molecular weight is 285 g/mol. The summed E-state index contributed by atoms with van der Waals surface area (Å²) < 4.78 is 0. The number of hydrogen-bond donors (Lipinski definition) is 2.